The summed E-state index contributed by atoms with van der Waals surface area (Å²) in [6.45, 7) is 3.68. The molecule has 0 bridgehead atoms. The molecule has 4 heterocycles. The van der Waals surface area contributed by atoms with E-state index < -0.39 is 6.16 Å². The van der Waals surface area contributed by atoms with Crippen LogP contribution in [-0.4, -0.2) is 59.5 Å². The predicted octanol–water partition coefficient (Wildman–Crippen LogP) is 3.24. The van der Waals surface area contributed by atoms with Gasteiger partial charge in [-0.2, -0.15) is 4.98 Å². The van der Waals surface area contributed by atoms with Gasteiger partial charge in [-0.25, -0.2) is 19.4 Å². The number of aryl methyl sites for hydroxylation is 1. The molecule has 1 fully saturated rings. The summed E-state index contributed by atoms with van der Waals surface area (Å²) in [6, 6.07) is 9.04. The molecule has 0 unspecified atom stereocenters. The number of carbonyl (C=O) groups is 1. The fraction of sp³-hybridized carbons (Fsp3) is 0.318. The van der Waals surface area contributed by atoms with Crippen molar-refractivity contribution in [2.75, 3.05) is 18.0 Å². The van der Waals surface area contributed by atoms with E-state index in [1.165, 1.54) is 12.4 Å². The van der Waals surface area contributed by atoms with Crippen molar-refractivity contribution < 1.29 is 19.4 Å². The zero-order valence-corrected chi connectivity index (χ0v) is 19.6. The first-order valence-electron chi connectivity index (χ1n) is 11.0. The number of rotatable bonds is 7. The van der Waals surface area contributed by atoms with Crippen molar-refractivity contribution in [3.05, 3.63) is 58.4 Å². The highest BCUT2D eigenvalue weighted by Crippen LogP contribution is 2.32. The van der Waals surface area contributed by atoms with Gasteiger partial charge >= 0.3 is 6.16 Å². The Morgan fingerprint density at radius 1 is 1.17 bits per heavy atom. The Morgan fingerprint density at radius 2 is 1.97 bits per heavy atom. The lowest BCUT2D eigenvalue weighted by Crippen LogP contribution is -2.34. The molecule has 1 aliphatic rings. The van der Waals surface area contributed by atoms with Crippen molar-refractivity contribution in [2.24, 2.45) is 0 Å². The summed E-state index contributed by atoms with van der Waals surface area (Å²) >= 11 is 1.65. The van der Waals surface area contributed by atoms with E-state index in [2.05, 4.69) is 30.4 Å². The number of ether oxygens (including phenoxy) is 2. The average Bonchev–Trinajstić information content (AvgIpc) is 3.55. The van der Waals surface area contributed by atoms with Gasteiger partial charge in [0.05, 0.1) is 16.4 Å². The number of nitrogens with zero attached hydrogens (tertiary/aromatic N) is 8. The number of hydrogen-bond donors (Lipinski definition) is 1. The van der Waals surface area contributed by atoms with Crippen LogP contribution in [-0.2, 0) is 6.61 Å². The molecule has 4 aromatic rings. The molecule has 3 aromatic heterocycles. The van der Waals surface area contributed by atoms with Gasteiger partial charge in [0.1, 0.15) is 18.7 Å². The summed E-state index contributed by atoms with van der Waals surface area (Å²) in [5.74, 6) is 1.62. The summed E-state index contributed by atoms with van der Waals surface area (Å²) in [5, 5.41) is 23.1. The van der Waals surface area contributed by atoms with Crippen LogP contribution in [0.5, 0.6) is 11.6 Å². The fourth-order valence-electron chi connectivity index (χ4n) is 3.84. The lowest BCUT2D eigenvalue weighted by atomic mass is 9.98. The van der Waals surface area contributed by atoms with Crippen LogP contribution in [0.1, 0.15) is 35.2 Å². The number of benzene rings is 1. The van der Waals surface area contributed by atoms with E-state index in [0.717, 1.165) is 48.1 Å². The Hall–Kier alpha value is -4.13. The molecule has 0 saturated carbocycles. The molecule has 35 heavy (non-hydrogen) atoms. The highest BCUT2D eigenvalue weighted by molar-refractivity contribution is 7.09. The van der Waals surface area contributed by atoms with Gasteiger partial charge < -0.3 is 19.5 Å². The Bertz CT molecular complexity index is 1290. The van der Waals surface area contributed by atoms with E-state index in [1.807, 2.05) is 29.6 Å². The minimum atomic E-state index is -1.39. The molecule has 0 spiro atoms. The Balaban J connectivity index is 1.15. The Kier molecular flexibility index (Phi) is 6.48. The second kappa shape index (κ2) is 10.0. The third kappa shape index (κ3) is 5.51. The van der Waals surface area contributed by atoms with Crippen LogP contribution >= 0.6 is 11.3 Å². The number of piperidine rings is 1. The number of carboxylic acid groups (broad SMARTS) is 1. The maximum atomic E-state index is 10.8. The van der Waals surface area contributed by atoms with Gasteiger partial charge in [0.15, 0.2) is 0 Å². The maximum Gasteiger partial charge on any atom is 0.512 e. The number of aromatic nitrogens is 7. The van der Waals surface area contributed by atoms with Crippen molar-refractivity contribution in [1.82, 2.24) is 35.2 Å². The number of hydrogen-bond acceptors (Lipinski definition) is 11. The number of thiazole rings is 1. The molecule has 1 saturated heterocycles. The molecule has 5 rings (SSSR count). The SMILES string of the molecule is Cc1cc(OC(=O)O)nc(N2CCC(c3nc(COc4ccc(-n5cnnn5)cc4)cs3)CC2)n1. The minimum absolute atomic E-state index is 0.0386. The van der Waals surface area contributed by atoms with E-state index >= 15 is 0 Å². The van der Waals surface area contributed by atoms with Gasteiger partial charge in [0.25, 0.3) is 0 Å². The lowest BCUT2D eigenvalue weighted by molar-refractivity contribution is 0.142. The fourth-order valence-corrected chi connectivity index (χ4v) is 4.82. The maximum absolute atomic E-state index is 10.8. The standard InChI is InChI=1S/C22H22N8O4S/c1-14-10-19(34-22(31)32)26-21(24-14)29-8-6-15(7-9-29)20-25-16(12-35-20)11-33-18-4-2-17(3-5-18)30-13-23-27-28-30/h2-5,10,12-13,15H,6-9,11H2,1H3,(H,31,32). The van der Waals surface area contributed by atoms with Crippen LogP contribution in [0.25, 0.3) is 5.69 Å². The first kappa shape index (κ1) is 22.7. The van der Waals surface area contributed by atoms with Crippen LogP contribution in [0.3, 0.4) is 0 Å². The van der Waals surface area contributed by atoms with Crippen molar-refractivity contribution in [1.29, 1.82) is 0 Å². The van der Waals surface area contributed by atoms with Crippen molar-refractivity contribution >= 4 is 23.4 Å². The third-order valence-electron chi connectivity index (χ3n) is 5.54. The van der Waals surface area contributed by atoms with Crippen LogP contribution < -0.4 is 14.4 Å². The molecule has 0 aliphatic carbocycles. The summed E-state index contributed by atoms with van der Waals surface area (Å²) < 4.78 is 12.2. The van der Waals surface area contributed by atoms with Gasteiger partial charge in [-0.15, -0.1) is 16.4 Å². The quantitative estimate of drug-likeness (QED) is 0.378. The first-order valence-corrected chi connectivity index (χ1v) is 11.8. The number of anilines is 1. The monoisotopic (exact) mass is 494 g/mol. The summed E-state index contributed by atoms with van der Waals surface area (Å²) in [5.41, 5.74) is 2.41. The molecular weight excluding hydrogens is 472 g/mol. The van der Waals surface area contributed by atoms with E-state index in [0.29, 0.717) is 24.2 Å². The smallest absolute Gasteiger partial charge is 0.487 e. The predicted molar refractivity (Wildman–Crippen MR) is 125 cm³/mol. The topological polar surface area (TPSA) is 141 Å². The molecule has 0 radical (unpaired) electrons. The van der Waals surface area contributed by atoms with Gasteiger partial charge in [0.2, 0.25) is 11.8 Å². The van der Waals surface area contributed by atoms with Crippen LogP contribution in [0.15, 0.2) is 42.0 Å². The summed E-state index contributed by atoms with van der Waals surface area (Å²) in [6.07, 6.45) is 1.95. The molecule has 1 aromatic carbocycles. The third-order valence-corrected chi connectivity index (χ3v) is 6.60. The van der Waals surface area contributed by atoms with Gasteiger partial charge in [-0.3, -0.25) is 0 Å². The molecule has 12 nitrogen and oxygen atoms in total. The van der Waals surface area contributed by atoms with E-state index in [9.17, 15) is 4.79 Å². The normalized spacial score (nSPS) is 14.1. The van der Waals surface area contributed by atoms with Crippen molar-refractivity contribution in [3.8, 4) is 17.3 Å². The summed E-state index contributed by atoms with van der Waals surface area (Å²) in [4.78, 5) is 26.4. The van der Waals surface area contributed by atoms with Crippen molar-refractivity contribution in [3.63, 3.8) is 0 Å². The molecule has 0 atom stereocenters. The van der Waals surface area contributed by atoms with Crippen LogP contribution in [0.2, 0.25) is 0 Å². The molecule has 1 aliphatic heterocycles. The van der Waals surface area contributed by atoms with Gasteiger partial charge in [0, 0.05) is 36.1 Å². The second-order valence-corrected chi connectivity index (χ2v) is 8.88. The molecule has 0 amide bonds. The minimum Gasteiger partial charge on any atom is -0.487 e. The van der Waals surface area contributed by atoms with Crippen LogP contribution in [0.4, 0.5) is 10.7 Å². The second-order valence-electron chi connectivity index (χ2n) is 7.99. The highest BCUT2D eigenvalue weighted by Gasteiger charge is 2.25. The Labute approximate surface area is 204 Å². The first-order chi connectivity index (χ1) is 17.0. The number of tetrazole rings is 1. The molecule has 13 heteroatoms. The average molecular weight is 495 g/mol. The zero-order valence-electron chi connectivity index (χ0n) is 18.8. The van der Waals surface area contributed by atoms with Crippen LogP contribution in [0, 0.1) is 6.92 Å². The molecule has 180 valence electrons. The van der Waals surface area contributed by atoms with Gasteiger partial charge in [-0.05, 0) is 54.5 Å². The molecule has 1 N–H and O–H groups in total. The van der Waals surface area contributed by atoms with Crippen molar-refractivity contribution in [2.45, 2.75) is 32.3 Å². The van der Waals surface area contributed by atoms with Gasteiger partial charge in [-0.1, -0.05) is 0 Å². The van der Waals surface area contributed by atoms with E-state index in [-0.39, 0.29) is 5.88 Å². The zero-order chi connectivity index (χ0) is 24.2. The highest BCUT2D eigenvalue weighted by atomic mass is 32.1. The Morgan fingerprint density at radius 3 is 2.69 bits per heavy atom. The molecular formula is C22H22N8O4S. The summed E-state index contributed by atoms with van der Waals surface area (Å²) in [7, 11) is 0. The van der Waals surface area contributed by atoms with E-state index in [1.54, 1.807) is 22.9 Å². The lowest BCUT2D eigenvalue weighted by Gasteiger charge is -2.31. The van der Waals surface area contributed by atoms with E-state index in [4.69, 9.17) is 19.6 Å². The largest absolute Gasteiger partial charge is 0.512 e.